The molecule has 0 saturated heterocycles. The first-order valence-corrected chi connectivity index (χ1v) is 5.16. The Morgan fingerprint density at radius 1 is 1.43 bits per heavy atom. The molecular weight excluding hydrogens is 225 g/mol. The third kappa shape index (κ3) is 2.60. The molecule has 0 N–H and O–H groups in total. The van der Waals surface area contributed by atoms with Crippen molar-refractivity contribution in [3.63, 3.8) is 0 Å². The summed E-state index contributed by atoms with van der Waals surface area (Å²) in [6, 6.07) is 0. The van der Waals surface area contributed by atoms with E-state index in [4.69, 9.17) is 0 Å². The molecule has 0 amide bonds. The van der Waals surface area contributed by atoms with E-state index >= 15 is 0 Å². The van der Waals surface area contributed by atoms with Crippen molar-refractivity contribution in [3.05, 3.63) is 0 Å². The van der Waals surface area contributed by atoms with Crippen LogP contribution >= 0.6 is 0 Å². The van der Waals surface area contributed by atoms with Crippen molar-refractivity contribution in [2.75, 3.05) is 6.61 Å². The lowest BCUT2D eigenvalue weighted by Gasteiger charge is -2.13. The minimum atomic E-state index is -5.47. The average molecular weight is 234 g/mol. The third-order valence-corrected chi connectivity index (χ3v) is 3.18. The predicted molar refractivity (Wildman–Crippen MR) is 41.1 cm³/mol. The van der Waals surface area contributed by atoms with Crippen LogP contribution in [0, 0.1) is 0 Å². The van der Waals surface area contributed by atoms with Gasteiger partial charge in [-0.1, -0.05) is 0 Å². The van der Waals surface area contributed by atoms with Crippen molar-refractivity contribution < 1.29 is 31.1 Å². The van der Waals surface area contributed by atoms with Gasteiger partial charge in [-0.25, -0.2) is 8.42 Å². The average Bonchev–Trinajstić information content (AvgIpc) is 2.01. The fourth-order valence-corrected chi connectivity index (χ4v) is 1.31. The van der Waals surface area contributed by atoms with E-state index in [1.807, 2.05) is 0 Å². The second-order valence-electron chi connectivity index (χ2n) is 2.39. The van der Waals surface area contributed by atoms with Gasteiger partial charge in [-0.2, -0.15) is 13.2 Å². The van der Waals surface area contributed by atoms with E-state index in [2.05, 4.69) is 4.74 Å². The lowest BCUT2D eigenvalue weighted by atomic mass is 10.5. The van der Waals surface area contributed by atoms with Crippen LogP contribution in [-0.4, -0.2) is 31.8 Å². The van der Waals surface area contributed by atoms with E-state index in [-0.39, 0.29) is 6.61 Å². The zero-order chi connectivity index (χ0) is 11.6. The van der Waals surface area contributed by atoms with Gasteiger partial charge in [-0.3, -0.25) is 4.79 Å². The molecule has 0 rings (SSSR count). The molecule has 0 heterocycles. The van der Waals surface area contributed by atoms with Crippen LogP contribution in [0.15, 0.2) is 0 Å². The van der Waals surface area contributed by atoms with Gasteiger partial charge in [0.1, 0.15) is 0 Å². The first-order valence-electron chi connectivity index (χ1n) is 3.61. The summed E-state index contributed by atoms with van der Waals surface area (Å²) in [5.41, 5.74) is -5.43. The Hall–Kier alpha value is -0.790. The molecule has 0 aliphatic heterocycles. The molecule has 0 saturated carbocycles. The van der Waals surface area contributed by atoms with Gasteiger partial charge in [-0.15, -0.1) is 0 Å². The number of hydrogen-bond acceptors (Lipinski definition) is 4. The maximum absolute atomic E-state index is 11.9. The molecule has 0 bridgehead atoms. The molecular formula is C6H9F3O4S. The summed E-state index contributed by atoms with van der Waals surface area (Å²) in [5, 5.41) is -2.22. The summed E-state index contributed by atoms with van der Waals surface area (Å²) in [4.78, 5) is 10.7. The van der Waals surface area contributed by atoms with Gasteiger partial charge in [-0.05, 0) is 13.8 Å². The van der Waals surface area contributed by atoms with E-state index in [1.54, 1.807) is 0 Å². The number of esters is 1. The summed E-state index contributed by atoms with van der Waals surface area (Å²) in [6.07, 6.45) is 0. The number of alkyl halides is 3. The highest BCUT2D eigenvalue weighted by Gasteiger charge is 2.51. The Kier molecular flexibility index (Phi) is 3.92. The Balaban J connectivity index is 4.87. The van der Waals surface area contributed by atoms with Crippen LogP contribution in [0.2, 0.25) is 0 Å². The standard InChI is InChI=1S/C6H9F3O4S/c1-3-13-5(10)4(2)14(11,12)6(7,8)9/h4H,3H2,1-2H3/t4-/m1/s1. The number of hydrogen-bond donors (Lipinski definition) is 0. The maximum atomic E-state index is 11.9. The van der Waals surface area contributed by atoms with Crippen LogP contribution in [0.25, 0.3) is 0 Å². The normalized spacial score (nSPS) is 14.9. The van der Waals surface area contributed by atoms with Crippen molar-refractivity contribution in [1.29, 1.82) is 0 Å². The van der Waals surface area contributed by atoms with Gasteiger partial charge in [0.2, 0.25) is 0 Å². The van der Waals surface area contributed by atoms with Crippen LogP contribution in [0.4, 0.5) is 13.2 Å². The SMILES string of the molecule is CCOC(=O)[C@@H](C)S(=O)(=O)C(F)(F)F. The van der Waals surface area contributed by atoms with Crippen LogP contribution in [-0.2, 0) is 19.4 Å². The van der Waals surface area contributed by atoms with Crippen molar-refractivity contribution in [3.8, 4) is 0 Å². The number of carbonyl (C=O) groups is 1. The highest BCUT2D eigenvalue weighted by molar-refractivity contribution is 7.93. The first kappa shape index (κ1) is 13.2. The number of carbonyl (C=O) groups excluding carboxylic acids is 1. The molecule has 84 valence electrons. The van der Waals surface area contributed by atoms with Gasteiger partial charge in [0.15, 0.2) is 5.25 Å². The fourth-order valence-electron chi connectivity index (χ4n) is 0.587. The topological polar surface area (TPSA) is 60.4 Å². The van der Waals surface area contributed by atoms with Crippen LogP contribution in [0.1, 0.15) is 13.8 Å². The summed E-state index contributed by atoms with van der Waals surface area (Å²) >= 11 is 0. The van der Waals surface area contributed by atoms with E-state index < -0.39 is 26.6 Å². The van der Waals surface area contributed by atoms with E-state index in [0.717, 1.165) is 0 Å². The molecule has 8 heteroatoms. The van der Waals surface area contributed by atoms with Crippen LogP contribution in [0.5, 0.6) is 0 Å². The minimum Gasteiger partial charge on any atom is -0.465 e. The number of halogens is 3. The van der Waals surface area contributed by atoms with Gasteiger partial charge in [0.05, 0.1) is 6.61 Å². The van der Waals surface area contributed by atoms with Crippen molar-refractivity contribution >= 4 is 15.8 Å². The molecule has 0 aliphatic carbocycles. The second-order valence-corrected chi connectivity index (χ2v) is 4.65. The van der Waals surface area contributed by atoms with E-state index in [0.29, 0.717) is 6.92 Å². The van der Waals surface area contributed by atoms with Gasteiger partial charge in [0.25, 0.3) is 9.84 Å². The number of ether oxygens (including phenoxy) is 1. The maximum Gasteiger partial charge on any atom is 0.498 e. The van der Waals surface area contributed by atoms with Crippen molar-refractivity contribution in [2.24, 2.45) is 0 Å². The molecule has 0 aromatic carbocycles. The lowest BCUT2D eigenvalue weighted by molar-refractivity contribution is -0.142. The summed E-state index contributed by atoms with van der Waals surface area (Å²) in [7, 11) is -5.47. The number of rotatable bonds is 3. The fraction of sp³-hybridized carbons (Fsp3) is 0.833. The largest absolute Gasteiger partial charge is 0.498 e. The molecule has 0 aromatic heterocycles. The summed E-state index contributed by atoms with van der Waals surface area (Å²) in [6.45, 7) is 1.84. The Morgan fingerprint density at radius 2 is 1.86 bits per heavy atom. The van der Waals surface area contributed by atoms with Gasteiger partial charge < -0.3 is 4.74 Å². The highest BCUT2D eigenvalue weighted by atomic mass is 32.2. The molecule has 0 unspecified atom stereocenters. The summed E-state index contributed by atoms with van der Waals surface area (Å²) in [5.74, 6) is -1.40. The molecule has 0 fully saturated rings. The molecule has 1 atom stereocenters. The Morgan fingerprint density at radius 3 is 2.14 bits per heavy atom. The van der Waals surface area contributed by atoms with Gasteiger partial charge in [0, 0.05) is 0 Å². The zero-order valence-electron chi connectivity index (χ0n) is 7.46. The van der Waals surface area contributed by atoms with E-state index in [9.17, 15) is 26.4 Å². The predicted octanol–water partition coefficient (Wildman–Crippen LogP) is 0.873. The highest BCUT2D eigenvalue weighted by Crippen LogP contribution is 2.27. The lowest BCUT2D eigenvalue weighted by Crippen LogP contribution is -2.38. The second kappa shape index (κ2) is 4.16. The van der Waals surface area contributed by atoms with Crippen molar-refractivity contribution in [2.45, 2.75) is 24.6 Å². The molecule has 0 spiro atoms. The third-order valence-electron chi connectivity index (χ3n) is 1.41. The minimum absolute atomic E-state index is 0.170. The van der Waals surface area contributed by atoms with Crippen LogP contribution in [0.3, 0.4) is 0 Å². The quantitative estimate of drug-likeness (QED) is 0.680. The molecule has 0 aromatic rings. The van der Waals surface area contributed by atoms with E-state index in [1.165, 1.54) is 6.92 Å². The Bertz CT molecular complexity index is 306. The number of sulfone groups is 1. The zero-order valence-corrected chi connectivity index (χ0v) is 8.28. The first-order chi connectivity index (χ1) is 6.14. The molecule has 14 heavy (non-hydrogen) atoms. The monoisotopic (exact) mass is 234 g/mol. The molecule has 0 aliphatic rings. The Labute approximate surface area is 79.0 Å². The molecule has 0 radical (unpaired) electrons. The smallest absolute Gasteiger partial charge is 0.465 e. The molecule has 4 nitrogen and oxygen atoms in total. The van der Waals surface area contributed by atoms with Crippen LogP contribution < -0.4 is 0 Å². The van der Waals surface area contributed by atoms with Crippen molar-refractivity contribution in [1.82, 2.24) is 0 Å². The summed E-state index contributed by atoms with van der Waals surface area (Å²) < 4.78 is 61.1. The van der Waals surface area contributed by atoms with Gasteiger partial charge >= 0.3 is 11.5 Å².